The van der Waals surface area contributed by atoms with Crippen LogP contribution in [-0.4, -0.2) is 28.1 Å². The van der Waals surface area contributed by atoms with E-state index in [1.165, 1.54) is 7.11 Å². The minimum Gasteiger partial charge on any atom is -0.467 e. The minimum absolute atomic E-state index is 0.246. The monoisotopic (exact) mass is 196 g/mol. The maximum Gasteiger partial charge on any atom is 0.322 e. The molecule has 0 saturated heterocycles. The molecule has 2 rings (SSSR count). The van der Waals surface area contributed by atoms with E-state index in [1.807, 2.05) is 0 Å². The van der Waals surface area contributed by atoms with Gasteiger partial charge in [0, 0.05) is 6.04 Å². The van der Waals surface area contributed by atoms with Crippen molar-refractivity contribution in [3.05, 3.63) is 0 Å². The number of nitrogens with two attached hydrogens (primary N) is 1. The topological polar surface area (TPSA) is 98.0 Å². The lowest BCUT2D eigenvalue weighted by molar-refractivity contribution is 0.379. The second kappa shape index (κ2) is 3.62. The number of methoxy groups -OCH3 is 1. The van der Waals surface area contributed by atoms with Gasteiger partial charge in [0.25, 0.3) is 0 Å². The van der Waals surface area contributed by atoms with E-state index in [0.29, 0.717) is 17.9 Å². The second-order valence-electron chi connectivity index (χ2n) is 3.03. The molecule has 7 heteroatoms. The Bertz CT molecular complexity index is 304. The van der Waals surface area contributed by atoms with Crippen LogP contribution in [0.4, 0.5) is 11.9 Å². The van der Waals surface area contributed by atoms with Crippen LogP contribution in [-0.2, 0) is 0 Å². The summed E-state index contributed by atoms with van der Waals surface area (Å²) < 4.78 is 4.90. The van der Waals surface area contributed by atoms with E-state index < -0.39 is 0 Å². The Morgan fingerprint density at radius 1 is 1.29 bits per heavy atom. The van der Waals surface area contributed by atoms with Gasteiger partial charge in [-0.05, 0) is 12.8 Å². The lowest BCUT2D eigenvalue weighted by Crippen LogP contribution is -2.14. The van der Waals surface area contributed by atoms with E-state index in [0.717, 1.165) is 12.8 Å². The predicted octanol–water partition coefficient (Wildman–Crippen LogP) is -0.260. The average Bonchev–Trinajstić information content (AvgIpc) is 3.01. The summed E-state index contributed by atoms with van der Waals surface area (Å²) in [5.41, 5.74) is 2.35. The van der Waals surface area contributed by atoms with Crippen LogP contribution in [0.15, 0.2) is 0 Å². The van der Waals surface area contributed by atoms with Gasteiger partial charge in [0.1, 0.15) is 0 Å². The smallest absolute Gasteiger partial charge is 0.322 e. The first-order chi connectivity index (χ1) is 6.81. The molecule has 0 bridgehead atoms. The predicted molar refractivity (Wildman–Crippen MR) is 50.8 cm³/mol. The SMILES string of the molecule is COc1nc(NN)nc(NC2CC2)n1. The lowest BCUT2D eigenvalue weighted by atomic mass is 10.7. The molecule has 0 unspecified atom stereocenters. The van der Waals surface area contributed by atoms with Gasteiger partial charge in [-0.2, -0.15) is 15.0 Å². The number of hydrogen-bond donors (Lipinski definition) is 3. The Labute approximate surface area is 81.1 Å². The van der Waals surface area contributed by atoms with Gasteiger partial charge in [0.05, 0.1) is 7.11 Å². The Morgan fingerprint density at radius 2 is 2.00 bits per heavy atom. The molecule has 1 aromatic heterocycles. The summed E-state index contributed by atoms with van der Waals surface area (Å²) in [6.45, 7) is 0. The van der Waals surface area contributed by atoms with Gasteiger partial charge in [-0.25, -0.2) is 5.84 Å². The van der Waals surface area contributed by atoms with Crippen LogP contribution in [0.2, 0.25) is 0 Å². The Morgan fingerprint density at radius 3 is 2.57 bits per heavy atom. The van der Waals surface area contributed by atoms with Crippen LogP contribution in [0, 0.1) is 0 Å². The molecule has 0 radical (unpaired) electrons. The van der Waals surface area contributed by atoms with E-state index in [9.17, 15) is 0 Å². The van der Waals surface area contributed by atoms with Gasteiger partial charge in [-0.3, -0.25) is 5.43 Å². The van der Waals surface area contributed by atoms with Gasteiger partial charge in [0.2, 0.25) is 11.9 Å². The van der Waals surface area contributed by atoms with E-state index in [-0.39, 0.29) is 6.01 Å². The fraction of sp³-hybridized carbons (Fsp3) is 0.571. The van der Waals surface area contributed by atoms with E-state index >= 15 is 0 Å². The van der Waals surface area contributed by atoms with Gasteiger partial charge in [-0.15, -0.1) is 0 Å². The van der Waals surface area contributed by atoms with Crippen molar-refractivity contribution >= 4 is 11.9 Å². The first kappa shape index (κ1) is 8.95. The summed E-state index contributed by atoms with van der Waals surface area (Å²) in [6, 6.07) is 0.726. The number of hydrazine groups is 1. The summed E-state index contributed by atoms with van der Waals surface area (Å²) in [4.78, 5) is 11.9. The third kappa shape index (κ3) is 1.99. The molecule has 1 aromatic rings. The third-order valence-corrected chi connectivity index (χ3v) is 1.84. The number of ether oxygens (including phenoxy) is 1. The van der Waals surface area contributed by atoms with Crippen LogP contribution < -0.4 is 21.3 Å². The molecular formula is C7H12N6O. The van der Waals surface area contributed by atoms with Gasteiger partial charge >= 0.3 is 6.01 Å². The summed E-state index contributed by atoms with van der Waals surface area (Å²) in [5, 5.41) is 3.13. The van der Waals surface area contributed by atoms with Gasteiger partial charge in [0.15, 0.2) is 0 Å². The Hall–Kier alpha value is -1.63. The quantitative estimate of drug-likeness (QED) is 0.450. The zero-order chi connectivity index (χ0) is 9.97. The second-order valence-corrected chi connectivity index (χ2v) is 3.03. The number of nitrogens with zero attached hydrogens (tertiary/aromatic N) is 3. The fourth-order valence-electron chi connectivity index (χ4n) is 0.987. The number of anilines is 2. The highest BCUT2D eigenvalue weighted by Crippen LogP contribution is 2.23. The summed E-state index contributed by atoms with van der Waals surface area (Å²) >= 11 is 0. The van der Waals surface area contributed by atoms with Crippen molar-refractivity contribution in [2.45, 2.75) is 18.9 Å². The van der Waals surface area contributed by atoms with Crippen LogP contribution in [0.25, 0.3) is 0 Å². The number of nitrogens with one attached hydrogen (secondary N) is 2. The van der Waals surface area contributed by atoms with Crippen LogP contribution in [0.5, 0.6) is 6.01 Å². The first-order valence-corrected chi connectivity index (χ1v) is 4.35. The molecule has 1 saturated carbocycles. The highest BCUT2D eigenvalue weighted by Gasteiger charge is 2.22. The fourth-order valence-corrected chi connectivity index (χ4v) is 0.987. The normalized spacial score (nSPS) is 15.0. The van der Waals surface area contributed by atoms with E-state index in [2.05, 4.69) is 25.7 Å². The molecule has 1 heterocycles. The third-order valence-electron chi connectivity index (χ3n) is 1.84. The largest absolute Gasteiger partial charge is 0.467 e. The highest BCUT2D eigenvalue weighted by molar-refractivity contribution is 5.36. The molecule has 0 aromatic carbocycles. The van der Waals surface area contributed by atoms with E-state index in [1.54, 1.807) is 0 Å². The molecule has 4 N–H and O–H groups in total. The zero-order valence-electron chi connectivity index (χ0n) is 7.82. The van der Waals surface area contributed by atoms with Gasteiger partial charge < -0.3 is 10.1 Å². The van der Waals surface area contributed by atoms with Crippen molar-refractivity contribution < 1.29 is 4.74 Å². The lowest BCUT2D eigenvalue weighted by Gasteiger charge is -2.06. The Balaban J connectivity index is 2.19. The van der Waals surface area contributed by atoms with Crippen LogP contribution in [0.3, 0.4) is 0 Å². The minimum atomic E-state index is 0.246. The molecule has 1 aliphatic rings. The van der Waals surface area contributed by atoms with Crippen molar-refractivity contribution in [3.8, 4) is 6.01 Å². The molecule has 76 valence electrons. The standard InChI is InChI=1S/C7H12N6O/c1-14-7-11-5(9-4-2-3-4)10-6(12-7)13-8/h4H,2-3,8H2,1H3,(H2,9,10,11,12,13). The molecule has 0 atom stereocenters. The molecule has 0 aliphatic heterocycles. The van der Waals surface area contributed by atoms with Crippen molar-refractivity contribution in [2.75, 3.05) is 17.9 Å². The zero-order valence-corrected chi connectivity index (χ0v) is 7.82. The number of rotatable bonds is 4. The Kier molecular flexibility index (Phi) is 2.32. The first-order valence-electron chi connectivity index (χ1n) is 4.35. The molecule has 1 fully saturated rings. The summed E-state index contributed by atoms with van der Waals surface area (Å²) in [5.74, 6) is 5.99. The van der Waals surface area contributed by atoms with Crippen molar-refractivity contribution in [1.29, 1.82) is 0 Å². The maximum atomic E-state index is 5.20. The van der Waals surface area contributed by atoms with Crippen molar-refractivity contribution in [3.63, 3.8) is 0 Å². The van der Waals surface area contributed by atoms with Gasteiger partial charge in [-0.1, -0.05) is 0 Å². The van der Waals surface area contributed by atoms with Crippen LogP contribution in [0.1, 0.15) is 12.8 Å². The summed E-state index contributed by atoms with van der Waals surface area (Å²) in [7, 11) is 1.50. The average molecular weight is 196 g/mol. The number of hydrogen-bond acceptors (Lipinski definition) is 7. The molecule has 1 aliphatic carbocycles. The number of aromatic nitrogens is 3. The maximum absolute atomic E-state index is 5.20. The van der Waals surface area contributed by atoms with Crippen molar-refractivity contribution in [2.24, 2.45) is 5.84 Å². The summed E-state index contributed by atoms with van der Waals surface area (Å²) in [6.07, 6.45) is 2.30. The van der Waals surface area contributed by atoms with Crippen molar-refractivity contribution in [1.82, 2.24) is 15.0 Å². The van der Waals surface area contributed by atoms with Crippen LogP contribution >= 0.6 is 0 Å². The molecule has 0 spiro atoms. The molecule has 0 amide bonds. The molecule has 7 nitrogen and oxygen atoms in total. The van der Waals surface area contributed by atoms with E-state index in [4.69, 9.17) is 10.6 Å². The number of nitrogen functional groups attached to an aromatic ring is 1. The molecular weight excluding hydrogens is 184 g/mol. The molecule has 14 heavy (non-hydrogen) atoms. The highest BCUT2D eigenvalue weighted by atomic mass is 16.5.